The molecular weight excluding hydrogens is 717 g/mol. The van der Waals surface area contributed by atoms with Gasteiger partial charge in [-0.1, -0.05) is 182 Å². The van der Waals surface area contributed by atoms with E-state index in [-0.39, 0.29) is 13.2 Å². The zero-order valence-corrected chi connectivity index (χ0v) is 32.2. The van der Waals surface area contributed by atoms with Gasteiger partial charge in [0.2, 0.25) is 0 Å². The first-order chi connectivity index (χ1) is 27.7. The summed E-state index contributed by atoms with van der Waals surface area (Å²) in [4.78, 5) is 38.9. The van der Waals surface area contributed by atoms with Gasteiger partial charge in [0, 0.05) is 20.8 Å². The van der Waals surface area contributed by atoms with E-state index >= 15 is 0 Å². The molecule has 0 bridgehead atoms. The summed E-state index contributed by atoms with van der Waals surface area (Å²) in [5.74, 6) is -1.99. The Morgan fingerprint density at radius 1 is 0.368 bits per heavy atom. The van der Waals surface area contributed by atoms with Crippen LogP contribution in [0.4, 0.5) is 0 Å². The first-order valence-corrected chi connectivity index (χ1v) is 18.9. The van der Waals surface area contributed by atoms with E-state index in [1.807, 2.05) is 182 Å². The van der Waals surface area contributed by atoms with E-state index in [1.54, 1.807) is 0 Å². The largest absolute Gasteiger partial charge is 0.456 e. The van der Waals surface area contributed by atoms with Crippen LogP contribution in [0.1, 0.15) is 54.2 Å². The Balaban J connectivity index is 1.46. The van der Waals surface area contributed by atoms with E-state index in [1.165, 1.54) is 20.8 Å². The minimum atomic E-state index is -1.37. The Labute approximate surface area is 334 Å². The molecule has 0 aromatic heterocycles. The second kappa shape index (κ2) is 19.0. The molecule has 0 heterocycles. The summed E-state index contributed by atoms with van der Waals surface area (Å²) in [6.07, 6.45) is -3.90. The first-order valence-electron chi connectivity index (χ1n) is 18.9. The predicted molar refractivity (Wildman–Crippen MR) is 217 cm³/mol. The van der Waals surface area contributed by atoms with Crippen LogP contribution < -0.4 is 0 Å². The van der Waals surface area contributed by atoms with Crippen LogP contribution in [0.5, 0.6) is 0 Å². The lowest BCUT2D eigenvalue weighted by Crippen LogP contribution is -2.51. The molecule has 0 amide bonds. The third kappa shape index (κ3) is 9.38. The van der Waals surface area contributed by atoms with Crippen molar-refractivity contribution in [1.82, 2.24) is 0 Å². The lowest BCUT2D eigenvalue weighted by Gasteiger charge is -2.40. The standard InChI is InChI=1S/C49H46O8/c1-36(50)55-45(34-53-48(39-22-10-4-11-23-39,40-24-12-5-13-25-40)41-26-14-6-15-27-41)47(57-38(3)52)46(56-37(2)51)35-54-49(42-28-16-7-17-29-42,43-30-18-8-19-31-43)44-32-20-9-21-33-44/h4-33,45-47H,34-35H2,1-3H3/t45-,46-/m1/s1. The lowest BCUT2D eigenvalue weighted by molar-refractivity contribution is -0.198. The van der Waals surface area contributed by atoms with Gasteiger partial charge in [-0.05, 0) is 33.4 Å². The van der Waals surface area contributed by atoms with Gasteiger partial charge in [-0.3, -0.25) is 14.4 Å². The van der Waals surface area contributed by atoms with Crippen molar-refractivity contribution >= 4 is 17.9 Å². The van der Waals surface area contributed by atoms with E-state index < -0.39 is 47.4 Å². The SMILES string of the molecule is CC(=O)OC([C@@H](COC(c1ccccc1)(c1ccccc1)c1ccccc1)OC(C)=O)[C@@H](COC(c1ccccc1)(c1ccccc1)c1ccccc1)OC(C)=O. The normalized spacial score (nSPS) is 12.6. The highest BCUT2D eigenvalue weighted by atomic mass is 16.6. The van der Waals surface area contributed by atoms with Crippen molar-refractivity contribution in [2.45, 2.75) is 50.3 Å². The fourth-order valence-corrected chi connectivity index (χ4v) is 7.35. The highest BCUT2D eigenvalue weighted by molar-refractivity contribution is 5.68. The van der Waals surface area contributed by atoms with Crippen molar-refractivity contribution in [3.05, 3.63) is 215 Å². The maximum atomic E-state index is 13.0. The third-order valence-corrected chi connectivity index (χ3v) is 9.68. The van der Waals surface area contributed by atoms with Crippen molar-refractivity contribution in [1.29, 1.82) is 0 Å². The minimum Gasteiger partial charge on any atom is -0.456 e. The molecular formula is C49H46O8. The smallest absolute Gasteiger partial charge is 0.303 e. The molecule has 6 aromatic rings. The molecule has 0 saturated heterocycles. The summed E-state index contributed by atoms with van der Waals surface area (Å²) in [7, 11) is 0. The lowest BCUT2D eigenvalue weighted by atomic mass is 9.80. The molecule has 0 saturated carbocycles. The highest BCUT2D eigenvalue weighted by Gasteiger charge is 2.45. The molecule has 6 aromatic carbocycles. The topological polar surface area (TPSA) is 97.4 Å². The average molecular weight is 763 g/mol. The number of ether oxygens (including phenoxy) is 5. The molecule has 0 unspecified atom stereocenters. The van der Waals surface area contributed by atoms with Gasteiger partial charge in [0.05, 0.1) is 13.2 Å². The fraction of sp³-hybridized carbons (Fsp3) is 0.204. The highest BCUT2D eigenvalue weighted by Crippen LogP contribution is 2.42. The zero-order chi connectivity index (χ0) is 40.1. The fourth-order valence-electron chi connectivity index (χ4n) is 7.35. The number of benzene rings is 6. The minimum absolute atomic E-state index is 0.283. The van der Waals surface area contributed by atoms with Gasteiger partial charge in [-0.15, -0.1) is 0 Å². The van der Waals surface area contributed by atoms with Gasteiger partial charge in [-0.2, -0.15) is 0 Å². The molecule has 290 valence electrons. The average Bonchev–Trinajstić information content (AvgIpc) is 3.24. The summed E-state index contributed by atoms with van der Waals surface area (Å²) in [5.41, 5.74) is 2.45. The van der Waals surface area contributed by atoms with Crippen molar-refractivity contribution in [2.24, 2.45) is 0 Å². The van der Waals surface area contributed by atoms with Gasteiger partial charge >= 0.3 is 17.9 Å². The van der Waals surface area contributed by atoms with Gasteiger partial charge in [-0.25, -0.2) is 0 Å². The molecule has 2 atom stereocenters. The molecule has 0 aliphatic heterocycles. The number of carbonyl (C=O) groups is 3. The number of hydrogen-bond acceptors (Lipinski definition) is 8. The molecule has 0 fully saturated rings. The Hall–Kier alpha value is -6.35. The van der Waals surface area contributed by atoms with E-state index in [0.717, 1.165) is 33.4 Å². The summed E-state index contributed by atoms with van der Waals surface area (Å²) in [6.45, 7) is 3.21. The van der Waals surface area contributed by atoms with E-state index in [2.05, 4.69) is 0 Å². The molecule has 0 spiro atoms. The van der Waals surface area contributed by atoms with Crippen LogP contribution in [0, 0.1) is 0 Å². The maximum absolute atomic E-state index is 13.0. The number of esters is 3. The number of carbonyl (C=O) groups excluding carboxylic acids is 3. The first kappa shape index (κ1) is 40.3. The van der Waals surface area contributed by atoms with E-state index in [0.29, 0.717) is 0 Å². The molecule has 8 heteroatoms. The summed E-state index contributed by atoms with van der Waals surface area (Å²) < 4.78 is 32.1. The number of hydrogen-bond donors (Lipinski definition) is 0. The molecule has 0 radical (unpaired) electrons. The molecule has 8 nitrogen and oxygen atoms in total. The van der Waals surface area contributed by atoms with Crippen LogP contribution in [-0.4, -0.2) is 49.4 Å². The monoisotopic (exact) mass is 762 g/mol. The Morgan fingerprint density at radius 3 is 0.772 bits per heavy atom. The van der Waals surface area contributed by atoms with Crippen LogP contribution in [0.3, 0.4) is 0 Å². The number of rotatable bonds is 17. The van der Waals surface area contributed by atoms with Gasteiger partial charge in [0.15, 0.2) is 18.3 Å². The Kier molecular flexibility index (Phi) is 13.4. The summed E-state index contributed by atoms with van der Waals surface area (Å²) in [6, 6.07) is 58.3. The molecule has 6 rings (SSSR count). The third-order valence-electron chi connectivity index (χ3n) is 9.68. The van der Waals surface area contributed by atoms with Crippen molar-refractivity contribution in [3.8, 4) is 0 Å². The van der Waals surface area contributed by atoms with E-state index in [9.17, 15) is 14.4 Å². The summed E-state index contributed by atoms with van der Waals surface area (Å²) >= 11 is 0. The van der Waals surface area contributed by atoms with Crippen molar-refractivity contribution < 1.29 is 38.1 Å². The van der Waals surface area contributed by atoms with Gasteiger partial charge in [0.25, 0.3) is 0 Å². The van der Waals surface area contributed by atoms with Crippen LogP contribution in [0.25, 0.3) is 0 Å². The van der Waals surface area contributed by atoms with Crippen molar-refractivity contribution in [2.75, 3.05) is 13.2 Å². The molecule has 0 N–H and O–H groups in total. The zero-order valence-electron chi connectivity index (χ0n) is 32.2. The predicted octanol–water partition coefficient (Wildman–Crippen LogP) is 8.80. The molecule has 0 aliphatic rings. The van der Waals surface area contributed by atoms with Crippen LogP contribution in [0.2, 0.25) is 0 Å². The van der Waals surface area contributed by atoms with Crippen LogP contribution >= 0.6 is 0 Å². The Bertz CT molecular complexity index is 1820. The van der Waals surface area contributed by atoms with Crippen LogP contribution in [0.15, 0.2) is 182 Å². The second-order valence-electron chi connectivity index (χ2n) is 13.6. The second-order valence-corrected chi connectivity index (χ2v) is 13.6. The Morgan fingerprint density at radius 2 is 0.579 bits per heavy atom. The maximum Gasteiger partial charge on any atom is 0.303 e. The van der Waals surface area contributed by atoms with Crippen LogP contribution in [-0.2, 0) is 49.3 Å². The van der Waals surface area contributed by atoms with E-state index in [4.69, 9.17) is 23.7 Å². The van der Waals surface area contributed by atoms with Gasteiger partial charge < -0.3 is 23.7 Å². The quantitative estimate of drug-likeness (QED) is 0.0517. The molecule has 0 aliphatic carbocycles. The van der Waals surface area contributed by atoms with Gasteiger partial charge in [0.1, 0.15) is 11.2 Å². The molecule has 57 heavy (non-hydrogen) atoms. The summed E-state index contributed by atoms with van der Waals surface area (Å²) in [5, 5.41) is 0. The van der Waals surface area contributed by atoms with Crippen molar-refractivity contribution in [3.63, 3.8) is 0 Å².